The lowest BCUT2D eigenvalue weighted by atomic mass is 9.81. The molecular weight excluding hydrogens is 328 g/mol. The highest BCUT2D eigenvalue weighted by atomic mass is 16.3. The summed E-state index contributed by atoms with van der Waals surface area (Å²) < 4.78 is 5.23. The van der Waals surface area contributed by atoms with Crippen LogP contribution in [0.5, 0.6) is 0 Å². The molecule has 1 aromatic heterocycles. The fraction of sp³-hybridized carbons (Fsp3) is 0.619. The third kappa shape index (κ3) is 5.48. The van der Waals surface area contributed by atoms with Crippen LogP contribution in [0.3, 0.4) is 0 Å². The molecule has 1 aromatic rings. The largest absolute Gasteiger partial charge is 0.467 e. The van der Waals surface area contributed by atoms with Crippen molar-refractivity contribution in [2.75, 3.05) is 6.54 Å². The van der Waals surface area contributed by atoms with Crippen LogP contribution >= 0.6 is 0 Å². The van der Waals surface area contributed by atoms with Gasteiger partial charge in [-0.15, -0.1) is 0 Å². The molecule has 26 heavy (non-hydrogen) atoms. The molecule has 3 rings (SSSR count). The van der Waals surface area contributed by atoms with E-state index < -0.39 is 0 Å². The van der Waals surface area contributed by atoms with Crippen molar-refractivity contribution in [3.8, 4) is 0 Å². The molecule has 0 spiro atoms. The van der Waals surface area contributed by atoms with Gasteiger partial charge < -0.3 is 15.1 Å². The first kappa shape index (κ1) is 18.7. The van der Waals surface area contributed by atoms with Crippen LogP contribution in [0.15, 0.2) is 34.5 Å². The Morgan fingerprint density at radius 3 is 2.38 bits per heavy atom. The molecule has 0 bridgehead atoms. The standard InChI is InChI=1S/C21H30N2O3/c24-20(22-13-12-16-5-2-1-3-6-16)17-8-10-18(11-9-17)21(25)23-15-19-7-4-14-26-19/h4-5,7,14,17-18H,1-3,6,8-13,15H2,(H,22,24)(H,23,25). The van der Waals surface area contributed by atoms with Crippen LogP contribution in [0.4, 0.5) is 0 Å². The Labute approximate surface area is 155 Å². The molecule has 142 valence electrons. The van der Waals surface area contributed by atoms with E-state index in [1.54, 1.807) is 6.26 Å². The second kappa shape index (κ2) is 9.60. The summed E-state index contributed by atoms with van der Waals surface area (Å²) in [6.45, 7) is 1.18. The van der Waals surface area contributed by atoms with Crippen LogP contribution in [0.1, 0.15) is 63.5 Å². The molecule has 2 aliphatic rings. The molecule has 1 saturated carbocycles. The van der Waals surface area contributed by atoms with Gasteiger partial charge in [-0.3, -0.25) is 9.59 Å². The van der Waals surface area contributed by atoms with Crippen LogP contribution in [-0.4, -0.2) is 18.4 Å². The van der Waals surface area contributed by atoms with Crippen molar-refractivity contribution in [3.05, 3.63) is 35.8 Å². The van der Waals surface area contributed by atoms with Crippen molar-refractivity contribution in [1.82, 2.24) is 10.6 Å². The van der Waals surface area contributed by atoms with Gasteiger partial charge in [0.15, 0.2) is 0 Å². The van der Waals surface area contributed by atoms with Crippen molar-refractivity contribution < 1.29 is 14.0 Å². The van der Waals surface area contributed by atoms with Gasteiger partial charge in [-0.25, -0.2) is 0 Å². The predicted octanol–water partition coefficient (Wildman–Crippen LogP) is 3.71. The molecule has 0 aromatic carbocycles. The molecule has 0 unspecified atom stereocenters. The van der Waals surface area contributed by atoms with E-state index in [0.717, 1.165) is 44.4 Å². The average molecular weight is 358 g/mol. The highest BCUT2D eigenvalue weighted by Crippen LogP contribution is 2.29. The minimum atomic E-state index is 0.0152. The maximum atomic E-state index is 12.4. The normalized spacial score (nSPS) is 23.2. The van der Waals surface area contributed by atoms with Gasteiger partial charge in [-0.1, -0.05) is 11.6 Å². The van der Waals surface area contributed by atoms with E-state index in [2.05, 4.69) is 16.7 Å². The number of furan rings is 1. The van der Waals surface area contributed by atoms with Crippen LogP contribution in [0.2, 0.25) is 0 Å². The summed E-state index contributed by atoms with van der Waals surface area (Å²) >= 11 is 0. The first-order valence-electron chi connectivity index (χ1n) is 9.98. The second-order valence-corrected chi connectivity index (χ2v) is 7.49. The Morgan fingerprint density at radius 2 is 1.77 bits per heavy atom. The Kier molecular flexibility index (Phi) is 6.92. The van der Waals surface area contributed by atoms with Crippen molar-refractivity contribution in [2.24, 2.45) is 11.8 Å². The van der Waals surface area contributed by atoms with E-state index in [1.165, 1.54) is 31.3 Å². The molecule has 2 aliphatic carbocycles. The SMILES string of the molecule is O=C(NCCC1=CCCCC1)C1CCC(C(=O)NCc2ccco2)CC1. The lowest BCUT2D eigenvalue weighted by Gasteiger charge is -2.27. The summed E-state index contributed by atoms with van der Waals surface area (Å²) in [6.07, 6.45) is 13.1. The quantitative estimate of drug-likeness (QED) is 0.730. The number of amides is 2. The Balaban J connectivity index is 1.32. The number of hydrogen-bond acceptors (Lipinski definition) is 3. The molecule has 1 heterocycles. The highest BCUT2D eigenvalue weighted by Gasteiger charge is 2.29. The van der Waals surface area contributed by atoms with E-state index in [-0.39, 0.29) is 23.7 Å². The van der Waals surface area contributed by atoms with Gasteiger partial charge in [0, 0.05) is 18.4 Å². The third-order valence-electron chi connectivity index (χ3n) is 5.62. The summed E-state index contributed by atoms with van der Waals surface area (Å²) in [5.41, 5.74) is 1.49. The number of hydrogen-bond donors (Lipinski definition) is 2. The van der Waals surface area contributed by atoms with Gasteiger partial charge >= 0.3 is 0 Å². The fourth-order valence-electron chi connectivity index (χ4n) is 3.97. The van der Waals surface area contributed by atoms with Gasteiger partial charge in [-0.05, 0) is 69.9 Å². The lowest BCUT2D eigenvalue weighted by molar-refractivity contribution is -0.130. The molecule has 5 nitrogen and oxygen atoms in total. The minimum Gasteiger partial charge on any atom is -0.467 e. The van der Waals surface area contributed by atoms with Gasteiger partial charge in [0.2, 0.25) is 11.8 Å². The smallest absolute Gasteiger partial charge is 0.223 e. The topological polar surface area (TPSA) is 71.3 Å². The van der Waals surface area contributed by atoms with Gasteiger partial charge in [0.25, 0.3) is 0 Å². The Hall–Kier alpha value is -2.04. The summed E-state index contributed by atoms with van der Waals surface area (Å²) in [6, 6.07) is 3.67. The molecule has 0 atom stereocenters. The highest BCUT2D eigenvalue weighted by molar-refractivity contribution is 5.81. The van der Waals surface area contributed by atoms with Crippen molar-refractivity contribution >= 4 is 11.8 Å². The first-order chi connectivity index (χ1) is 12.7. The second-order valence-electron chi connectivity index (χ2n) is 7.49. The Morgan fingerprint density at radius 1 is 1.04 bits per heavy atom. The summed E-state index contributed by atoms with van der Waals surface area (Å²) in [5, 5.41) is 6.02. The molecule has 0 radical (unpaired) electrons. The van der Waals surface area contributed by atoms with Crippen LogP contribution < -0.4 is 10.6 Å². The zero-order chi connectivity index (χ0) is 18.2. The molecule has 5 heteroatoms. The first-order valence-corrected chi connectivity index (χ1v) is 9.98. The number of nitrogens with one attached hydrogen (secondary N) is 2. The van der Waals surface area contributed by atoms with E-state index >= 15 is 0 Å². The molecular formula is C21H30N2O3. The van der Waals surface area contributed by atoms with E-state index in [0.29, 0.717) is 6.54 Å². The molecule has 2 amide bonds. The van der Waals surface area contributed by atoms with Crippen molar-refractivity contribution in [2.45, 2.75) is 64.3 Å². The molecule has 0 aliphatic heterocycles. The summed E-state index contributed by atoms with van der Waals surface area (Å²) in [7, 11) is 0. The van der Waals surface area contributed by atoms with Crippen molar-refractivity contribution in [1.29, 1.82) is 0 Å². The Bertz CT molecular complexity index is 613. The van der Waals surface area contributed by atoms with E-state index in [9.17, 15) is 9.59 Å². The zero-order valence-electron chi connectivity index (χ0n) is 15.5. The van der Waals surface area contributed by atoms with Gasteiger partial charge in [-0.2, -0.15) is 0 Å². The summed E-state index contributed by atoms with van der Waals surface area (Å²) in [4.78, 5) is 24.6. The molecule has 0 saturated heterocycles. The van der Waals surface area contributed by atoms with Gasteiger partial charge in [0.1, 0.15) is 5.76 Å². The predicted molar refractivity (Wildman–Crippen MR) is 100 cm³/mol. The average Bonchev–Trinajstić information content (AvgIpc) is 3.20. The number of rotatable bonds is 7. The number of carbonyl (C=O) groups excluding carboxylic acids is 2. The molecule has 1 fully saturated rings. The zero-order valence-corrected chi connectivity index (χ0v) is 15.5. The van der Waals surface area contributed by atoms with E-state index in [1.807, 2.05) is 12.1 Å². The monoisotopic (exact) mass is 358 g/mol. The number of allylic oxidation sites excluding steroid dienone is 1. The third-order valence-corrected chi connectivity index (χ3v) is 5.62. The summed E-state index contributed by atoms with van der Waals surface area (Å²) in [5.74, 6) is 1.07. The maximum absolute atomic E-state index is 12.4. The maximum Gasteiger partial charge on any atom is 0.223 e. The van der Waals surface area contributed by atoms with Crippen LogP contribution in [-0.2, 0) is 16.1 Å². The number of carbonyl (C=O) groups is 2. The van der Waals surface area contributed by atoms with Crippen LogP contribution in [0.25, 0.3) is 0 Å². The van der Waals surface area contributed by atoms with Gasteiger partial charge in [0.05, 0.1) is 12.8 Å². The van der Waals surface area contributed by atoms with Crippen LogP contribution in [0, 0.1) is 11.8 Å². The lowest BCUT2D eigenvalue weighted by Crippen LogP contribution is -2.37. The minimum absolute atomic E-state index is 0.0152. The van der Waals surface area contributed by atoms with E-state index in [4.69, 9.17) is 4.42 Å². The van der Waals surface area contributed by atoms with Crippen molar-refractivity contribution in [3.63, 3.8) is 0 Å². The fourth-order valence-corrected chi connectivity index (χ4v) is 3.97. The molecule has 2 N–H and O–H groups in total.